The number of benzene rings is 1. The van der Waals surface area contributed by atoms with Crippen LogP contribution in [0.5, 0.6) is 5.75 Å². The van der Waals surface area contributed by atoms with Gasteiger partial charge in [0, 0.05) is 6.07 Å². The monoisotopic (exact) mass is 335 g/mol. The maximum absolute atomic E-state index is 12.6. The van der Waals surface area contributed by atoms with E-state index in [0.29, 0.717) is 5.56 Å². The highest BCUT2D eigenvalue weighted by Gasteiger charge is 2.32. The van der Waals surface area contributed by atoms with Crippen LogP contribution in [0.25, 0.3) is 5.69 Å². The van der Waals surface area contributed by atoms with Gasteiger partial charge >= 0.3 is 6.61 Å². The number of halogens is 2. The third-order valence-corrected chi connectivity index (χ3v) is 3.52. The molecule has 0 unspecified atom stereocenters. The molecule has 1 aromatic heterocycles. The van der Waals surface area contributed by atoms with E-state index in [2.05, 4.69) is 4.74 Å². The highest BCUT2D eigenvalue weighted by Crippen LogP contribution is 2.29. The molecular formula is C15H11F2N3O4. The molecule has 0 saturated heterocycles. The number of nitrogens with one attached hydrogen (secondary N) is 1. The van der Waals surface area contributed by atoms with Crippen molar-refractivity contribution in [2.75, 3.05) is 5.73 Å². The number of ether oxygens (including phenoxy) is 1. The minimum absolute atomic E-state index is 0.0484. The van der Waals surface area contributed by atoms with E-state index in [-0.39, 0.29) is 28.4 Å². The molecular weight excluding hydrogens is 324 g/mol. The van der Waals surface area contributed by atoms with E-state index in [0.717, 1.165) is 10.6 Å². The molecule has 1 aliphatic rings. The predicted octanol–water partition coefficient (Wildman–Crippen LogP) is 1.21. The van der Waals surface area contributed by atoms with E-state index in [1.807, 2.05) is 5.32 Å². The molecule has 0 aliphatic carbocycles. The standard InChI is InChI=1S/C15H11F2N3O4/c1-6-2-3-9(24-15(16)17)8(4-6)20-10(21)5-7-11(12(20)18)14(23)19-13(7)22/h2-5,15H,18H2,1H3,(H,19,22,23). The van der Waals surface area contributed by atoms with Crippen LogP contribution in [0.4, 0.5) is 14.6 Å². The number of fused-ring (bicyclic) bond motifs is 1. The summed E-state index contributed by atoms with van der Waals surface area (Å²) in [6.07, 6.45) is 0. The lowest BCUT2D eigenvalue weighted by Crippen LogP contribution is -2.25. The summed E-state index contributed by atoms with van der Waals surface area (Å²) < 4.78 is 30.5. The number of aromatic nitrogens is 1. The Labute approximate surface area is 133 Å². The molecule has 124 valence electrons. The van der Waals surface area contributed by atoms with Crippen LogP contribution in [-0.4, -0.2) is 23.0 Å². The number of rotatable bonds is 3. The van der Waals surface area contributed by atoms with Gasteiger partial charge in [-0.2, -0.15) is 8.78 Å². The zero-order chi connectivity index (χ0) is 17.6. The number of imide groups is 1. The second-order valence-electron chi connectivity index (χ2n) is 5.12. The van der Waals surface area contributed by atoms with Crippen molar-refractivity contribution < 1.29 is 23.1 Å². The van der Waals surface area contributed by atoms with Crippen molar-refractivity contribution in [1.82, 2.24) is 9.88 Å². The number of anilines is 1. The van der Waals surface area contributed by atoms with Crippen LogP contribution < -0.4 is 21.3 Å². The van der Waals surface area contributed by atoms with Gasteiger partial charge in [0.05, 0.1) is 16.8 Å². The van der Waals surface area contributed by atoms with Gasteiger partial charge in [-0.05, 0) is 24.6 Å². The molecule has 3 N–H and O–H groups in total. The van der Waals surface area contributed by atoms with Crippen molar-refractivity contribution in [2.45, 2.75) is 13.5 Å². The third kappa shape index (κ3) is 2.39. The van der Waals surface area contributed by atoms with Gasteiger partial charge in [-0.3, -0.25) is 24.3 Å². The van der Waals surface area contributed by atoms with Crippen molar-refractivity contribution in [3.05, 3.63) is 51.3 Å². The molecule has 2 heterocycles. The zero-order valence-corrected chi connectivity index (χ0v) is 12.3. The summed E-state index contributed by atoms with van der Waals surface area (Å²) in [4.78, 5) is 35.8. The molecule has 9 heteroatoms. The van der Waals surface area contributed by atoms with Gasteiger partial charge in [-0.15, -0.1) is 0 Å². The van der Waals surface area contributed by atoms with Crippen LogP contribution in [0.15, 0.2) is 29.1 Å². The predicted molar refractivity (Wildman–Crippen MR) is 79.6 cm³/mol. The Bertz CT molecular complexity index is 937. The summed E-state index contributed by atoms with van der Waals surface area (Å²) in [5, 5.41) is 2.03. The minimum atomic E-state index is -3.11. The number of aryl methyl sites for hydroxylation is 1. The lowest BCUT2D eigenvalue weighted by atomic mass is 10.1. The number of alkyl halides is 2. The SMILES string of the molecule is Cc1ccc(OC(F)F)c(-n2c(N)c3c(cc2=O)C(=O)NC3=O)c1. The van der Waals surface area contributed by atoms with Crippen LogP contribution in [0.3, 0.4) is 0 Å². The first kappa shape index (κ1) is 15.7. The second kappa shape index (κ2) is 5.44. The maximum atomic E-state index is 12.6. The highest BCUT2D eigenvalue weighted by molar-refractivity contribution is 6.23. The van der Waals surface area contributed by atoms with Gasteiger partial charge in [0.1, 0.15) is 11.6 Å². The van der Waals surface area contributed by atoms with Crippen LogP contribution in [0.2, 0.25) is 0 Å². The molecule has 0 bridgehead atoms. The van der Waals surface area contributed by atoms with Gasteiger partial charge < -0.3 is 10.5 Å². The zero-order valence-electron chi connectivity index (χ0n) is 12.3. The number of pyridine rings is 1. The number of amides is 2. The maximum Gasteiger partial charge on any atom is 0.387 e. The molecule has 3 rings (SSSR count). The summed E-state index contributed by atoms with van der Waals surface area (Å²) in [5.74, 6) is -2.11. The van der Waals surface area contributed by atoms with Gasteiger partial charge in [0.25, 0.3) is 17.4 Å². The Hall–Kier alpha value is -3.23. The van der Waals surface area contributed by atoms with Crippen molar-refractivity contribution in [1.29, 1.82) is 0 Å². The molecule has 1 aromatic carbocycles. The quantitative estimate of drug-likeness (QED) is 0.821. The number of carbonyl (C=O) groups is 2. The van der Waals surface area contributed by atoms with E-state index in [9.17, 15) is 23.2 Å². The van der Waals surface area contributed by atoms with Gasteiger partial charge in [-0.25, -0.2) is 0 Å². The first-order chi connectivity index (χ1) is 11.3. The molecule has 0 saturated carbocycles. The molecule has 24 heavy (non-hydrogen) atoms. The van der Waals surface area contributed by atoms with Crippen molar-refractivity contribution >= 4 is 17.6 Å². The molecule has 2 aromatic rings. The van der Waals surface area contributed by atoms with Crippen molar-refractivity contribution in [2.24, 2.45) is 0 Å². The Morgan fingerprint density at radius 3 is 2.54 bits per heavy atom. The fourth-order valence-electron chi connectivity index (χ4n) is 2.53. The fraction of sp³-hybridized carbons (Fsp3) is 0.133. The molecule has 7 nitrogen and oxygen atoms in total. The van der Waals surface area contributed by atoms with E-state index >= 15 is 0 Å². The number of hydrogen-bond donors (Lipinski definition) is 2. The molecule has 0 fully saturated rings. The molecule has 0 radical (unpaired) electrons. The smallest absolute Gasteiger partial charge is 0.387 e. The van der Waals surface area contributed by atoms with E-state index < -0.39 is 24.0 Å². The van der Waals surface area contributed by atoms with Crippen molar-refractivity contribution in [3.8, 4) is 11.4 Å². The van der Waals surface area contributed by atoms with Crippen LogP contribution in [0, 0.1) is 6.92 Å². The third-order valence-electron chi connectivity index (χ3n) is 3.52. The first-order valence-electron chi connectivity index (χ1n) is 6.76. The number of carbonyl (C=O) groups excluding carboxylic acids is 2. The highest BCUT2D eigenvalue weighted by atomic mass is 19.3. The van der Waals surface area contributed by atoms with Gasteiger partial charge in [0.15, 0.2) is 0 Å². The number of nitrogens with two attached hydrogens (primary N) is 1. The number of nitrogen functional groups attached to an aromatic ring is 1. The Morgan fingerprint density at radius 2 is 1.88 bits per heavy atom. The average Bonchev–Trinajstić information content (AvgIpc) is 2.76. The molecule has 1 aliphatic heterocycles. The molecule has 2 amide bonds. The Kier molecular flexibility index (Phi) is 3.55. The number of nitrogens with zero attached hydrogens (tertiary/aromatic N) is 1. The summed E-state index contributed by atoms with van der Waals surface area (Å²) in [6.45, 7) is -1.43. The minimum Gasteiger partial charge on any atom is -0.433 e. The summed E-state index contributed by atoms with van der Waals surface area (Å²) in [7, 11) is 0. The second-order valence-corrected chi connectivity index (χ2v) is 5.12. The van der Waals surface area contributed by atoms with Gasteiger partial charge in [-0.1, -0.05) is 6.07 Å². The average molecular weight is 335 g/mol. The fourth-order valence-corrected chi connectivity index (χ4v) is 2.53. The molecule has 0 atom stereocenters. The molecule has 0 spiro atoms. The van der Waals surface area contributed by atoms with E-state index in [4.69, 9.17) is 5.73 Å². The van der Waals surface area contributed by atoms with Crippen LogP contribution in [0.1, 0.15) is 26.3 Å². The Morgan fingerprint density at radius 1 is 1.17 bits per heavy atom. The summed E-state index contributed by atoms with van der Waals surface area (Å²) in [5.41, 5.74) is 5.40. The number of hydrogen-bond acceptors (Lipinski definition) is 5. The van der Waals surface area contributed by atoms with E-state index in [1.165, 1.54) is 18.2 Å². The lowest BCUT2D eigenvalue weighted by Gasteiger charge is -2.16. The van der Waals surface area contributed by atoms with Gasteiger partial charge in [0.2, 0.25) is 0 Å². The van der Waals surface area contributed by atoms with Crippen molar-refractivity contribution in [3.63, 3.8) is 0 Å². The largest absolute Gasteiger partial charge is 0.433 e. The van der Waals surface area contributed by atoms with Crippen LogP contribution in [-0.2, 0) is 0 Å². The first-order valence-corrected chi connectivity index (χ1v) is 6.76. The lowest BCUT2D eigenvalue weighted by molar-refractivity contribution is -0.0498. The summed E-state index contributed by atoms with van der Waals surface area (Å²) >= 11 is 0. The normalized spacial score (nSPS) is 13.2. The van der Waals surface area contributed by atoms with E-state index in [1.54, 1.807) is 6.92 Å². The Balaban J connectivity index is 2.31. The summed E-state index contributed by atoms with van der Waals surface area (Å²) in [6, 6.07) is 5.13. The topological polar surface area (TPSA) is 103 Å². The van der Waals surface area contributed by atoms with Crippen LogP contribution >= 0.6 is 0 Å².